The van der Waals surface area contributed by atoms with Crippen LogP contribution in [0.25, 0.3) is 0 Å². The van der Waals surface area contributed by atoms with Crippen LogP contribution in [0.1, 0.15) is 37.9 Å². The molecule has 0 saturated carbocycles. The van der Waals surface area contributed by atoms with Crippen molar-refractivity contribution in [2.75, 3.05) is 5.32 Å². The predicted octanol–water partition coefficient (Wildman–Crippen LogP) is 5.70. The lowest BCUT2D eigenvalue weighted by Gasteiger charge is -2.25. The maximum absolute atomic E-state index is 12.7. The molecule has 3 aromatic carbocycles. The molecule has 0 saturated heterocycles. The third-order valence-corrected chi connectivity index (χ3v) is 5.14. The number of hydrogen-bond acceptors (Lipinski definition) is 3. The minimum Gasteiger partial charge on any atom is -0.454 e. The highest BCUT2D eigenvalue weighted by molar-refractivity contribution is 6.36. The molecule has 1 aliphatic heterocycles. The van der Waals surface area contributed by atoms with E-state index in [9.17, 15) is 9.59 Å². The summed E-state index contributed by atoms with van der Waals surface area (Å²) in [4.78, 5) is 25.0. The van der Waals surface area contributed by atoms with Gasteiger partial charge in [0.2, 0.25) is 0 Å². The number of halogens is 2. The van der Waals surface area contributed by atoms with E-state index >= 15 is 0 Å². The monoisotopic (exact) mass is 411 g/mol. The van der Waals surface area contributed by atoms with Crippen LogP contribution in [0.2, 0.25) is 10.0 Å². The van der Waals surface area contributed by atoms with Crippen LogP contribution < -0.4 is 5.32 Å². The third-order valence-electron chi connectivity index (χ3n) is 4.59. The Morgan fingerprint density at radius 2 is 1.79 bits per heavy atom. The van der Waals surface area contributed by atoms with Gasteiger partial charge < -0.3 is 10.1 Å². The number of ether oxygens (including phenoxy) is 1. The first kappa shape index (κ1) is 18.5. The summed E-state index contributed by atoms with van der Waals surface area (Å²) >= 11 is 12.0. The van der Waals surface area contributed by atoms with Crippen LogP contribution in [0.3, 0.4) is 0 Å². The van der Waals surface area contributed by atoms with Gasteiger partial charge in [0, 0.05) is 17.0 Å². The highest BCUT2D eigenvalue weighted by Gasteiger charge is 2.28. The number of amides is 1. The van der Waals surface area contributed by atoms with Crippen LogP contribution in [0.5, 0.6) is 0 Å². The Morgan fingerprint density at radius 3 is 2.54 bits per heavy atom. The Labute approximate surface area is 172 Å². The molecule has 0 radical (unpaired) electrons. The minimum atomic E-state index is -0.386. The number of benzene rings is 3. The predicted molar refractivity (Wildman–Crippen MR) is 109 cm³/mol. The van der Waals surface area contributed by atoms with Gasteiger partial charge in [0.1, 0.15) is 6.10 Å². The lowest BCUT2D eigenvalue weighted by molar-refractivity contribution is 0.0252. The lowest BCUT2D eigenvalue weighted by atomic mass is 9.93. The first-order valence-corrected chi connectivity index (χ1v) is 9.42. The molecule has 0 spiro atoms. The van der Waals surface area contributed by atoms with E-state index in [1.165, 1.54) is 0 Å². The fourth-order valence-corrected chi connectivity index (χ4v) is 3.63. The number of cyclic esters (lactones) is 1. The van der Waals surface area contributed by atoms with Gasteiger partial charge >= 0.3 is 5.97 Å². The molecule has 0 aromatic heterocycles. The van der Waals surface area contributed by atoms with Gasteiger partial charge in [-0.1, -0.05) is 53.5 Å². The minimum absolute atomic E-state index is 0.317. The van der Waals surface area contributed by atoms with Crippen LogP contribution in [0.15, 0.2) is 66.7 Å². The van der Waals surface area contributed by atoms with E-state index in [-0.39, 0.29) is 18.0 Å². The second kappa shape index (κ2) is 7.66. The molecule has 0 unspecified atom stereocenters. The van der Waals surface area contributed by atoms with Gasteiger partial charge in [0.05, 0.1) is 16.3 Å². The molecular formula is C22H15Cl2NO3. The Balaban J connectivity index is 1.59. The van der Waals surface area contributed by atoms with Crippen molar-refractivity contribution in [3.05, 3.63) is 99.0 Å². The van der Waals surface area contributed by atoms with E-state index in [1.807, 2.05) is 30.3 Å². The van der Waals surface area contributed by atoms with Gasteiger partial charge in [-0.05, 0) is 47.5 Å². The van der Waals surface area contributed by atoms with Gasteiger partial charge in [-0.3, -0.25) is 4.79 Å². The van der Waals surface area contributed by atoms with E-state index in [0.29, 0.717) is 33.3 Å². The summed E-state index contributed by atoms with van der Waals surface area (Å²) in [5.41, 5.74) is 3.08. The molecule has 6 heteroatoms. The first-order chi connectivity index (χ1) is 13.5. The molecule has 4 nitrogen and oxygen atoms in total. The van der Waals surface area contributed by atoms with Gasteiger partial charge in [0.25, 0.3) is 5.91 Å². The average Bonchev–Trinajstić information content (AvgIpc) is 2.70. The molecule has 0 aliphatic carbocycles. The highest BCUT2D eigenvalue weighted by atomic mass is 35.5. The van der Waals surface area contributed by atoms with Crippen LogP contribution in [0, 0.1) is 0 Å². The summed E-state index contributed by atoms with van der Waals surface area (Å²) in [5.74, 6) is -0.704. The van der Waals surface area contributed by atoms with E-state index in [1.54, 1.807) is 36.4 Å². The SMILES string of the molecule is O=C(Nc1ccc(Cl)cc1Cl)c1ccc2c(c1)C[C@H](c1ccccc1)OC2=O. The Hall–Kier alpha value is -2.82. The largest absolute Gasteiger partial charge is 0.454 e. The van der Waals surface area contributed by atoms with Crippen molar-refractivity contribution in [1.29, 1.82) is 0 Å². The molecule has 0 bridgehead atoms. The molecule has 28 heavy (non-hydrogen) atoms. The van der Waals surface area contributed by atoms with Crippen molar-refractivity contribution < 1.29 is 14.3 Å². The van der Waals surface area contributed by atoms with Gasteiger partial charge in [0.15, 0.2) is 0 Å². The van der Waals surface area contributed by atoms with Crippen molar-refractivity contribution in [2.45, 2.75) is 12.5 Å². The number of rotatable bonds is 3. The topological polar surface area (TPSA) is 55.4 Å². The zero-order chi connectivity index (χ0) is 19.7. The van der Waals surface area contributed by atoms with Gasteiger partial charge in [-0.2, -0.15) is 0 Å². The van der Waals surface area contributed by atoms with Gasteiger partial charge in [-0.15, -0.1) is 0 Å². The van der Waals surface area contributed by atoms with Crippen molar-refractivity contribution in [1.82, 2.24) is 0 Å². The van der Waals surface area contributed by atoms with Crippen molar-refractivity contribution >= 4 is 40.8 Å². The van der Waals surface area contributed by atoms with E-state index in [0.717, 1.165) is 11.1 Å². The Bertz CT molecular complexity index is 1070. The number of carbonyl (C=O) groups excluding carboxylic acids is 2. The summed E-state index contributed by atoms with van der Waals surface area (Å²) in [7, 11) is 0. The van der Waals surface area contributed by atoms with Crippen LogP contribution >= 0.6 is 23.2 Å². The number of anilines is 1. The molecule has 1 heterocycles. The molecule has 3 aromatic rings. The van der Waals surface area contributed by atoms with Crippen LogP contribution in [-0.4, -0.2) is 11.9 Å². The van der Waals surface area contributed by atoms with Crippen molar-refractivity contribution in [3.8, 4) is 0 Å². The lowest BCUT2D eigenvalue weighted by Crippen LogP contribution is -2.23. The fraction of sp³-hybridized carbons (Fsp3) is 0.0909. The molecule has 1 amide bonds. The third kappa shape index (κ3) is 3.75. The normalized spacial score (nSPS) is 15.5. The molecule has 0 fully saturated rings. The smallest absolute Gasteiger partial charge is 0.339 e. The molecule has 140 valence electrons. The maximum atomic E-state index is 12.7. The van der Waals surface area contributed by atoms with Crippen LogP contribution in [-0.2, 0) is 11.2 Å². The van der Waals surface area contributed by atoms with E-state index < -0.39 is 0 Å². The number of hydrogen-bond donors (Lipinski definition) is 1. The number of esters is 1. The zero-order valence-electron chi connectivity index (χ0n) is 14.6. The standard InChI is InChI=1S/C22H15Cl2NO3/c23-16-7-9-19(18(24)12-16)25-21(26)14-6-8-17-15(10-14)11-20(28-22(17)27)13-4-2-1-3-5-13/h1-10,12,20H,11H2,(H,25,26)/t20-/m1/s1. The number of fused-ring (bicyclic) bond motifs is 1. The highest BCUT2D eigenvalue weighted by Crippen LogP contribution is 2.31. The quantitative estimate of drug-likeness (QED) is 0.562. The summed E-state index contributed by atoms with van der Waals surface area (Å²) in [6, 6.07) is 19.4. The molecular weight excluding hydrogens is 397 g/mol. The maximum Gasteiger partial charge on any atom is 0.339 e. The Morgan fingerprint density at radius 1 is 1.00 bits per heavy atom. The number of nitrogens with one attached hydrogen (secondary N) is 1. The summed E-state index contributed by atoms with van der Waals surface area (Å²) < 4.78 is 5.55. The van der Waals surface area contributed by atoms with E-state index in [4.69, 9.17) is 27.9 Å². The summed E-state index contributed by atoms with van der Waals surface area (Å²) in [5, 5.41) is 3.61. The molecule has 4 rings (SSSR count). The molecule has 1 aliphatic rings. The molecule has 1 atom stereocenters. The fourth-order valence-electron chi connectivity index (χ4n) is 3.18. The Kier molecular flexibility index (Phi) is 5.07. The average molecular weight is 412 g/mol. The summed E-state index contributed by atoms with van der Waals surface area (Å²) in [6.07, 6.45) is 0.138. The van der Waals surface area contributed by atoms with Crippen molar-refractivity contribution in [3.63, 3.8) is 0 Å². The van der Waals surface area contributed by atoms with Crippen LogP contribution in [0.4, 0.5) is 5.69 Å². The second-order valence-electron chi connectivity index (χ2n) is 6.46. The molecule has 1 N–H and O–H groups in total. The van der Waals surface area contributed by atoms with Gasteiger partial charge in [-0.25, -0.2) is 4.79 Å². The zero-order valence-corrected chi connectivity index (χ0v) is 16.1. The summed E-state index contributed by atoms with van der Waals surface area (Å²) in [6.45, 7) is 0. The first-order valence-electron chi connectivity index (χ1n) is 8.66. The van der Waals surface area contributed by atoms with E-state index in [2.05, 4.69) is 5.32 Å². The second-order valence-corrected chi connectivity index (χ2v) is 7.30. The van der Waals surface area contributed by atoms with Crippen molar-refractivity contribution in [2.24, 2.45) is 0 Å². The number of carbonyl (C=O) groups is 2.